The van der Waals surface area contributed by atoms with E-state index >= 15 is 0 Å². The van der Waals surface area contributed by atoms with Crippen molar-refractivity contribution in [1.29, 1.82) is 0 Å². The molecule has 7 nitrogen and oxygen atoms in total. The van der Waals surface area contributed by atoms with Gasteiger partial charge in [0.15, 0.2) is 0 Å². The molecule has 0 aromatic heterocycles. The summed E-state index contributed by atoms with van der Waals surface area (Å²) in [5.74, 6) is 0.413. The maximum atomic E-state index is 13.6. The molecular weight excluding hydrogens is 631 g/mol. The minimum atomic E-state index is -0.467. The highest BCUT2D eigenvalue weighted by Crippen LogP contribution is 2.27. The molecule has 0 bridgehead atoms. The summed E-state index contributed by atoms with van der Waals surface area (Å²) in [6.07, 6.45) is 1.69. The molecule has 0 spiro atoms. The van der Waals surface area contributed by atoms with Crippen molar-refractivity contribution in [2.24, 2.45) is 0 Å². The maximum Gasteiger partial charge on any atom is 0.272 e. The normalized spacial score (nSPS) is 11.7. The minimum absolute atomic E-state index is 0.105. The maximum absolute atomic E-state index is 13.6. The van der Waals surface area contributed by atoms with Crippen LogP contribution in [0.4, 0.5) is 11.4 Å². The Balaban J connectivity index is 1.10. The molecule has 3 amide bonds. The number of carbonyl (C=O) groups excluding carboxylic acids is 3. The van der Waals surface area contributed by atoms with Gasteiger partial charge in [-0.25, -0.2) is 0 Å². The first-order valence-corrected chi connectivity index (χ1v) is 16.6. The highest BCUT2D eigenvalue weighted by Gasteiger charge is 2.17. The highest BCUT2D eigenvalue weighted by atomic mass is 32.2. The van der Waals surface area contributed by atoms with Crippen LogP contribution in [0.3, 0.4) is 0 Å². The van der Waals surface area contributed by atoms with E-state index < -0.39 is 11.8 Å². The lowest BCUT2D eigenvalue weighted by Gasteiger charge is -2.14. The number of nitrogens with one attached hydrogen (secondary N) is 3. The lowest BCUT2D eigenvalue weighted by Crippen LogP contribution is -2.30. The van der Waals surface area contributed by atoms with Gasteiger partial charge in [-0.15, -0.1) is 11.8 Å². The molecule has 0 aliphatic carbocycles. The third-order valence-corrected chi connectivity index (χ3v) is 8.66. The van der Waals surface area contributed by atoms with Gasteiger partial charge in [0, 0.05) is 21.8 Å². The first-order valence-electron chi connectivity index (χ1n) is 15.7. The molecular formula is C41H33N3O4S. The number of carbonyl (C=O) groups is 3. The molecule has 1 unspecified atom stereocenters. The Kier molecular flexibility index (Phi) is 10.5. The molecule has 242 valence electrons. The number of rotatable bonds is 11. The van der Waals surface area contributed by atoms with Crippen LogP contribution in [0, 0.1) is 0 Å². The first-order chi connectivity index (χ1) is 23.9. The number of hydrogen-bond donors (Lipinski definition) is 3. The predicted octanol–water partition coefficient (Wildman–Crippen LogP) is 9.16. The molecule has 0 radical (unpaired) electrons. The molecule has 0 aliphatic rings. The van der Waals surface area contributed by atoms with Crippen molar-refractivity contribution in [3.8, 4) is 11.5 Å². The largest absolute Gasteiger partial charge is 0.457 e. The topological polar surface area (TPSA) is 96.5 Å². The molecule has 0 aliphatic heterocycles. The van der Waals surface area contributed by atoms with Crippen molar-refractivity contribution < 1.29 is 19.1 Å². The van der Waals surface area contributed by atoms with Crippen LogP contribution in [0.15, 0.2) is 162 Å². The lowest BCUT2D eigenvalue weighted by atomic mass is 10.0. The molecule has 3 N–H and O–H groups in total. The second kappa shape index (κ2) is 15.6. The summed E-state index contributed by atoms with van der Waals surface area (Å²) in [4.78, 5) is 40.5. The Morgan fingerprint density at radius 3 is 1.96 bits per heavy atom. The van der Waals surface area contributed by atoms with E-state index in [0.717, 1.165) is 27.0 Å². The van der Waals surface area contributed by atoms with E-state index in [1.807, 2.05) is 110 Å². The van der Waals surface area contributed by atoms with Crippen LogP contribution in [-0.4, -0.2) is 23.0 Å². The fraction of sp³-hybridized carbons (Fsp3) is 0.0488. The Morgan fingerprint density at radius 2 is 1.22 bits per heavy atom. The fourth-order valence-electron chi connectivity index (χ4n) is 5.02. The number of ether oxygens (including phenoxy) is 1. The zero-order chi connectivity index (χ0) is 34.0. The van der Waals surface area contributed by atoms with Crippen LogP contribution in [0.25, 0.3) is 16.8 Å². The fourth-order valence-corrected chi connectivity index (χ4v) is 5.89. The Labute approximate surface area is 289 Å². The Morgan fingerprint density at radius 1 is 0.633 bits per heavy atom. The summed E-state index contributed by atoms with van der Waals surface area (Å²) in [7, 11) is 0. The van der Waals surface area contributed by atoms with Gasteiger partial charge in [-0.3, -0.25) is 14.4 Å². The van der Waals surface area contributed by atoms with Crippen LogP contribution in [-0.2, 0) is 9.59 Å². The summed E-state index contributed by atoms with van der Waals surface area (Å²) in [6, 6.07) is 46.4. The van der Waals surface area contributed by atoms with Gasteiger partial charge in [-0.05, 0) is 102 Å². The summed E-state index contributed by atoms with van der Waals surface area (Å²) in [5.41, 5.74) is 2.55. The monoisotopic (exact) mass is 663 g/mol. The van der Waals surface area contributed by atoms with Crippen LogP contribution in [0.5, 0.6) is 11.5 Å². The third-order valence-electron chi connectivity index (χ3n) is 7.55. The lowest BCUT2D eigenvalue weighted by molar-refractivity contribution is -0.115. The summed E-state index contributed by atoms with van der Waals surface area (Å²) >= 11 is 1.40. The van der Waals surface area contributed by atoms with Gasteiger partial charge in [-0.2, -0.15) is 0 Å². The average molecular weight is 664 g/mol. The van der Waals surface area contributed by atoms with Crippen molar-refractivity contribution >= 4 is 57.7 Å². The first kappa shape index (κ1) is 32.8. The summed E-state index contributed by atoms with van der Waals surface area (Å²) in [6.45, 7) is 1.84. The van der Waals surface area contributed by atoms with E-state index in [0.29, 0.717) is 22.7 Å². The van der Waals surface area contributed by atoms with E-state index in [-0.39, 0.29) is 16.9 Å². The van der Waals surface area contributed by atoms with Crippen molar-refractivity contribution in [2.75, 3.05) is 10.6 Å². The van der Waals surface area contributed by atoms with E-state index in [1.54, 1.807) is 54.6 Å². The van der Waals surface area contributed by atoms with Crippen LogP contribution < -0.4 is 20.7 Å². The number of para-hydroxylation sites is 1. The van der Waals surface area contributed by atoms with E-state index in [4.69, 9.17) is 4.74 Å². The molecule has 8 heteroatoms. The van der Waals surface area contributed by atoms with E-state index in [1.165, 1.54) is 11.8 Å². The van der Waals surface area contributed by atoms with Gasteiger partial charge in [0.25, 0.3) is 11.8 Å². The van der Waals surface area contributed by atoms with Gasteiger partial charge in [0.2, 0.25) is 5.91 Å². The van der Waals surface area contributed by atoms with Crippen LogP contribution in [0.2, 0.25) is 0 Å². The summed E-state index contributed by atoms with van der Waals surface area (Å²) in [5, 5.41) is 10.2. The molecule has 6 rings (SSSR count). The number of anilines is 2. The number of thioether (sulfide) groups is 1. The van der Waals surface area contributed by atoms with Crippen LogP contribution >= 0.6 is 11.8 Å². The quantitative estimate of drug-likeness (QED) is 0.0949. The molecule has 6 aromatic rings. The molecule has 0 fully saturated rings. The van der Waals surface area contributed by atoms with Crippen molar-refractivity contribution in [1.82, 2.24) is 5.32 Å². The number of fused-ring (bicyclic) bond motifs is 1. The van der Waals surface area contributed by atoms with Gasteiger partial charge in [0.1, 0.15) is 17.2 Å². The third kappa shape index (κ3) is 8.82. The molecule has 0 heterocycles. The van der Waals surface area contributed by atoms with Crippen molar-refractivity contribution in [3.63, 3.8) is 0 Å². The molecule has 6 aromatic carbocycles. The van der Waals surface area contributed by atoms with Crippen molar-refractivity contribution in [3.05, 3.63) is 168 Å². The number of benzene rings is 6. The van der Waals surface area contributed by atoms with Gasteiger partial charge < -0.3 is 20.7 Å². The van der Waals surface area contributed by atoms with E-state index in [2.05, 4.69) is 16.0 Å². The standard InChI is InChI=1S/C41H33N3O4S/c1-28(39(45)42-32-19-23-35(24-20-32)48-34-16-6-3-7-17-34)49-36-25-21-33(22-26-36)43-41(47)38(44-40(46)30-12-4-2-5-13-30)27-31-15-10-14-29-11-8-9-18-37(29)31/h2-28H,1H3,(H,42,45)(H,43,47)(H,44,46)/b38-27-. The molecule has 1 atom stereocenters. The minimum Gasteiger partial charge on any atom is -0.457 e. The Bertz CT molecular complexity index is 2090. The van der Waals surface area contributed by atoms with Gasteiger partial charge >= 0.3 is 0 Å². The molecule has 49 heavy (non-hydrogen) atoms. The second-order valence-corrected chi connectivity index (χ2v) is 12.5. The van der Waals surface area contributed by atoms with Gasteiger partial charge in [-0.1, -0.05) is 78.9 Å². The number of amides is 3. The Hall–Kier alpha value is -6.12. The zero-order valence-corrected chi connectivity index (χ0v) is 27.4. The van der Waals surface area contributed by atoms with Gasteiger partial charge in [0.05, 0.1) is 5.25 Å². The summed E-state index contributed by atoms with van der Waals surface area (Å²) < 4.78 is 5.82. The smallest absolute Gasteiger partial charge is 0.272 e. The highest BCUT2D eigenvalue weighted by molar-refractivity contribution is 8.00. The van der Waals surface area contributed by atoms with E-state index in [9.17, 15) is 14.4 Å². The second-order valence-electron chi connectivity index (χ2n) is 11.1. The average Bonchev–Trinajstić information content (AvgIpc) is 3.13. The van der Waals surface area contributed by atoms with Crippen LogP contribution in [0.1, 0.15) is 22.8 Å². The molecule has 0 saturated carbocycles. The van der Waals surface area contributed by atoms with Crippen molar-refractivity contribution in [2.45, 2.75) is 17.1 Å². The molecule has 0 saturated heterocycles. The zero-order valence-electron chi connectivity index (χ0n) is 26.6. The predicted molar refractivity (Wildman–Crippen MR) is 198 cm³/mol. The SMILES string of the molecule is CC(Sc1ccc(NC(=O)/C(=C/c2cccc3ccccc23)NC(=O)c2ccccc2)cc1)C(=O)Nc1ccc(Oc2ccccc2)cc1. The number of hydrogen-bond acceptors (Lipinski definition) is 5.